The zero-order valence-electron chi connectivity index (χ0n) is 10.8. The largest absolute Gasteiger partial charge is 0.405 e. The molecule has 0 spiro atoms. The molecule has 0 saturated carbocycles. The Morgan fingerprint density at radius 3 is 2.56 bits per heavy atom. The van der Waals surface area contributed by atoms with Crippen molar-refractivity contribution in [2.45, 2.75) is 26.6 Å². The highest BCUT2D eigenvalue weighted by Gasteiger charge is 2.31. The first-order chi connectivity index (χ1) is 8.37. The summed E-state index contributed by atoms with van der Waals surface area (Å²) < 4.78 is 37.6. The van der Waals surface area contributed by atoms with Gasteiger partial charge >= 0.3 is 6.18 Å². The van der Waals surface area contributed by atoms with Gasteiger partial charge in [0.1, 0.15) is 6.54 Å². The van der Waals surface area contributed by atoms with Crippen molar-refractivity contribution in [2.75, 3.05) is 25.0 Å². The molecule has 0 aromatic carbocycles. The lowest BCUT2D eigenvalue weighted by Gasteiger charge is -2.26. The van der Waals surface area contributed by atoms with E-state index in [2.05, 4.69) is 10.3 Å². The van der Waals surface area contributed by atoms with Crippen LogP contribution in [0.25, 0.3) is 0 Å². The van der Waals surface area contributed by atoms with Crippen molar-refractivity contribution in [1.82, 2.24) is 10.3 Å². The number of hydrogen-bond donors (Lipinski definition) is 1. The number of nitrogens with one attached hydrogen (secondary N) is 1. The maximum absolute atomic E-state index is 12.5. The zero-order valence-corrected chi connectivity index (χ0v) is 10.8. The van der Waals surface area contributed by atoms with Gasteiger partial charge in [-0.1, -0.05) is 0 Å². The lowest BCUT2D eigenvalue weighted by molar-refractivity contribution is -0.119. The van der Waals surface area contributed by atoms with Gasteiger partial charge in [0, 0.05) is 36.2 Å². The maximum Gasteiger partial charge on any atom is 0.405 e. The number of rotatable bonds is 5. The Balaban J connectivity index is 3.06. The van der Waals surface area contributed by atoms with Crippen molar-refractivity contribution in [2.24, 2.45) is 0 Å². The molecule has 1 rings (SSSR count). The summed E-state index contributed by atoms with van der Waals surface area (Å²) in [6.07, 6.45) is -2.58. The molecule has 102 valence electrons. The van der Waals surface area contributed by atoms with Crippen molar-refractivity contribution in [1.29, 1.82) is 0 Å². The lowest BCUT2D eigenvalue weighted by Crippen LogP contribution is -2.35. The minimum Gasteiger partial charge on any atom is -0.363 e. The number of anilines is 1. The lowest BCUT2D eigenvalue weighted by atomic mass is 10.2. The summed E-state index contributed by atoms with van der Waals surface area (Å²) >= 11 is 0. The van der Waals surface area contributed by atoms with E-state index in [1.165, 1.54) is 4.90 Å². The van der Waals surface area contributed by atoms with Gasteiger partial charge in [0.2, 0.25) is 0 Å². The van der Waals surface area contributed by atoms with Crippen molar-refractivity contribution >= 4 is 5.69 Å². The summed E-state index contributed by atoms with van der Waals surface area (Å²) in [4.78, 5) is 5.44. The van der Waals surface area contributed by atoms with Gasteiger partial charge in [-0.25, -0.2) is 0 Å². The normalized spacial score (nSPS) is 11.7. The second-order valence-corrected chi connectivity index (χ2v) is 4.11. The number of hydrogen-bond acceptors (Lipinski definition) is 3. The molecule has 3 nitrogen and oxygen atoms in total. The van der Waals surface area contributed by atoms with Crippen molar-refractivity contribution < 1.29 is 13.2 Å². The number of pyridine rings is 1. The quantitative estimate of drug-likeness (QED) is 0.882. The minimum absolute atomic E-state index is 0.305. The predicted octanol–water partition coefficient (Wildman–Crippen LogP) is 2.50. The maximum atomic E-state index is 12.5. The molecule has 0 radical (unpaired) electrons. The summed E-state index contributed by atoms with van der Waals surface area (Å²) in [5, 5.41) is 2.94. The smallest absolute Gasteiger partial charge is 0.363 e. The Morgan fingerprint density at radius 2 is 2.06 bits per heavy atom. The summed E-state index contributed by atoms with van der Waals surface area (Å²) in [7, 11) is 1.75. The molecule has 6 heteroatoms. The Bertz CT molecular complexity index is 391. The third kappa shape index (κ3) is 4.18. The number of aromatic nitrogens is 1. The molecule has 0 atom stereocenters. The van der Waals surface area contributed by atoms with Crippen molar-refractivity contribution in [3.63, 3.8) is 0 Å². The number of aryl methyl sites for hydroxylation is 1. The molecule has 0 aliphatic carbocycles. The summed E-state index contributed by atoms with van der Waals surface area (Å²) in [6.45, 7) is 3.35. The standard InChI is InChI=1S/C12H18F3N3/c1-4-18(8-12(13,14)15)11-5-9(2)17-7-10(11)6-16-3/h5,7,16H,4,6,8H2,1-3H3. The molecule has 1 aromatic rings. The fourth-order valence-electron chi connectivity index (χ4n) is 1.78. The van der Waals surface area contributed by atoms with E-state index in [1.54, 1.807) is 33.2 Å². The van der Waals surface area contributed by atoms with Gasteiger partial charge in [-0.05, 0) is 27.0 Å². The molecule has 1 aromatic heterocycles. The molecular weight excluding hydrogens is 243 g/mol. The van der Waals surface area contributed by atoms with E-state index in [0.29, 0.717) is 24.5 Å². The van der Waals surface area contributed by atoms with Crippen LogP contribution in [0.2, 0.25) is 0 Å². The summed E-state index contributed by atoms with van der Waals surface area (Å²) in [5.41, 5.74) is 2.08. The molecule has 0 fully saturated rings. The van der Waals surface area contributed by atoms with Crippen LogP contribution in [0.15, 0.2) is 12.3 Å². The molecule has 0 aliphatic heterocycles. The molecule has 1 heterocycles. The first-order valence-corrected chi connectivity index (χ1v) is 5.79. The first-order valence-electron chi connectivity index (χ1n) is 5.79. The van der Waals surface area contributed by atoms with Crippen LogP contribution in [-0.4, -0.2) is 31.3 Å². The number of halogens is 3. The SMILES string of the molecule is CCN(CC(F)(F)F)c1cc(C)ncc1CNC. The van der Waals surface area contributed by atoms with Crippen LogP contribution in [0.4, 0.5) is 18.9 Å². The molecule has 0 bridgehead atoms. The summed E-state index contributed by atoms with van der Waals surface area (Å²) in [5.74, 6) is 0. The van der Waals surface area contributed by atoms with E-state index >= 15 is 0 Å². The van der Waals surface area contributed by atoms with Gasteiger partial charge in [0.25, 0.3) is 0 Å². The van der Waals surface area contributed by atoms with Crippen molar-refractivity contribution in [3.05, 3.63) is 23.5 Å². The van der Waals surface area contributed by atoms with Gasteiger partial charge in [0.15, 0.2) is 0 Å². The van der Waals surface area contributed by atoms with Crippen LogP contribution in [0.1, 0.15) is 18.2 Å². The van der Waals surface area contributed by atoms with E-state index < -0.39 is 12.7 Å². The Hall–Kier alpha value is -1.30. The Labute approximate surface area is 105 Å². The highest BCUT2D eigenvalue weighted by molar-refractivity contribution is 5.53. The molecular formula is C12H18F3N3. The van der Waals surface area contributed by atoms with Gasteiger partial charge in [-0.15, -0.1) is 0 Å². The molecule has 0 amide bonds. The van der Waals surface area contributed by atoms with Crippen LogP contribution in [-0.2, 0) is 6.54 Å². The topological polar surface area (TPSA) is 28.2 Å². The van der Waals surface area contributed by atoms with E-state index in [4.69, 9.17) is 0 Å². The molecule has 1 N–H and O–H groups in total. The van der Waals surface area contributed by atoms with Crippen LogP contribution < -0.4 is 10.2 Å². The van der Waals surface area contributed by atoms with E-state index in [0.717, 1.165) is 5.56 Å². The minimum atomic E-state index is -4.20. The second-order valence-electron chi connectivity index (χ2n) is 4.11. The van der Waals surface area contributed by atoms with Gasteiger partial charge < -0.3 is 10.2 Å². The van der Waals surface area contributed by atoms with Crippen molar-refractivity contribution in [3.8, 4) is 0 Å². The fraction of sp³-hybridized carbons (Fsp3) is 0.583. The average Bonchev–Trinajstić information content (AvgIpc) is 2.27. The van der Waals surface area contributed by atoms with Gasteiger partial charge in [0.05, 0.1) is 0 Å². The second kappa shape index (κ2) is 6.04. The Kier molecular flexibility index (Phi) is 4.95. The third-order valence-electron chi connectivity index (χ3n) is 2.56. The van der Waals surface area contributed by atoms with Crippen LogP contribution in [0.3, 0.4) is 0 Å². The van der Waals surface area contributed by atoms with Gasteiger partial charge in [-0.2, -0.15) is 13.2 Å². The van der Waals surface area contributed by atoms with Crippen LogP contribution in [0, 0.1) is 6.92 Å². The average molecular weight is 261 g/mol. The molecule has 18 heavy (non-hydrogen) atoms. The summed E-state index contributed by atoms with van der Waals surface area (Å²) in [6, 6.07) is 1.70. The molecule has 0 saturated heterocycles. The Morgan fingerprint density at radius 1 is 1.39 bits per heavy atom. The molecule has 0 unspecified atom stereocenters. The highest BCUT2D eigenvalue weighted by Crippen LogP contribution is 2.25. The molecule has 0 aliphatic rings. The number of nitrogens with zero attached hydrogens (tertiary/aromatic N) is 2. The first kappa shape index (κ1) is 14.8. The fourth-order valence-corrected chi connectivity index (χ4v) is 1.78. The van der Waals surface area contributed by atoms with Crippen LogP contribution in [0.5, 0.6) is 0 Å². The zero-order chi connectivity index (χ0) is 13.8. The van der Waals surface area contributed by atoms with E-state index in [9.17, 15) is 13.2 Å². The highest BCUT2D eigenvalue weighted by atomic mass is 19.4. The number of alkyl halides is 3. The van der Waals surface area contributed by atoms with Crippen LogP contribution >= 0.6 is 0 Å². The predicted molar refractivity (Wildman–Crippen MR) is 65.7 cm³/mol. The third-order valence-corrected chi connectivity index (χ3v) is 2.56. The van der Waals surface area contributed by atoms with Gasteiger partial charge in [-0.3, -0.25) is 4.98 Å². The van der Waals surface area contributed by atoms with E-state index in [-0.39, 0.29) is 0 Å². The van der Waals surface area contributed by atoms with E-state index in [1.807, 2.05) is 0 Å². The monoisotopic (exact) mass is 261 g/mol.